The molecule has 7 nitrogen and oxygen atoms in total. The van der Waals surface area contributed by atoms with Crippen LogP contribution in [0.5, 0.6) is 0 Å². The molecule has 1 aliphatic heterocycles. The molecule has 0 saturated carbocycles. The molecule has 122 valence electrons. The molecule has 2 heterocycles. The highest BCUT2D eigenvalue weighted by molar-refractivity contribution is 5.94. The summed E-state index contributed by atoms with van der Waals surface area (Å²) in [5, 5.41) is 15.8. The van der Waals surface area contributed by atoms with E-state index in [4.69, 9.17) is 0 Å². The van der Waals surface area contributed by atoms with Gasteiger partial charge in [-0.05, 0) is 25.5 Å². The number of pyridine rings is 1. The molecule has 0 radical (unpaired) electrons. The fourth-order valence-electron chi connectivity index (χ4n) is 2.29. The number of esters is 1. The molecule has 23 heavy (non-hydrogen) atoms. The number of dihydropyridines is 1. The highest BCUT2D eigenvalue weighted by atomic mass is 16.5. The highest BCUT2D eigenvalue weighted by Gasteiger charge is 2.41. The predicted octanol–water partition coefficient (Wildman–Crippen LogP) is 0.906. The Morgan fingerprint density at radius 2 is 2.22 bits per heavy atom. The Bertz CT molecular complexity index is 682. The van der Waals surface area contributed by atoms with Crippen molar-refractivity contribution in [1.29, 1.82) is 0 Å². The third-order valence-corrected chi connectivity index (χ3v) is 3.79. The highest BCUT2D eigenvalue weighted by Crippen LogP contribution is 2.32. The van der Waals surface area contributed by atoms with Crippen molar-refractivity contribution < 1.29 is 19.4 Å². The van der Waals surface area contributed by atoms with Gasteiger partial charge in [0.05, 0.1) is 7.11 Å². The third kappa shape index (κ3) is 3.18. The van der Waals surface area contributed by atoms with E-state index in [1.54, 1.807) is 31.6 Å². The standard InChI is InChI=1S/C16H19N3O4/c1-10-12(11-5-4-6-17-7-11)8-19-16(2,14(10)21)15(22)18-9-13(20)23-3/h4-8,19,21H,9H2,1-3H3,(H,18,22). The molecule has 1 aromatic rings. The van der Waals surface area contributed by atoms with Crippen LogP contribution in [-0.2, 0) is 14.3 Å². The molecule has 2 rings (SSSR count). The smallest absolute Gasteiger partial charge is 0.325 e. The molecule has 0 bridgehead atoms. The van der Waals surface area contributed by atoms with Crippen LogP contribution in [-0.4, -0.2) is 41.2 Å². The van der Waals surface area contributed by atoms with Gasteiger partial charge in [-0.15, -0.1) is 0 Å². The van der Waals surface area contributed by atoms with Crippen LogP contribution in [0.4, 0.5) is 0 Å². The van der Waals surface area contributed by atoms with Crippen molar-refractivity contribution in [1.82, 2.24) is 15.6 Å². The van der Waals surface area contributed by atoms with Crippen LogP contribution >= 0.6 is 0 Å². The van der Waals surface area contributed by atoms with Gasteiger partial charge in [-0.2, -0.15) is 0 Å². The molecule has 1 atom stereocenters. The van der Waals surface area contributed by atoms with Gasteiger partial charge in [0.25, 0.3) is 5.91 Å². The first kappa shape index (κ1) is 16.5. The van der Waals surface area contributed by atoms with Gasteiger partial charge in [0.1, 0.15) is 12.3 Å². The predicted molar refractivity (Wildman–Crippen MR) is 84.1 cm³/mol. The van der Waals surface area contributed by atoms with Crippen LogP contribution in [0.1, 0.15) is 19.4 Å². The minimum absolute atomic E-state index is 0.110. The van der Waals surface area contributed by atoms with Crippen molar-refractivity contribution >= 4 is 17.4 Å². The van der Waals surface area contributed by atoms with E-state index in [0.29, 0.717) is 5.57 Å². The van der Waals surface area contributed by atoms with Crippen LogP contribution < -0.4 is 10.6 Å². The number of aliphatic hydroxyl groups is 1. The van der Waals surface area contributed by atoms with E-state index in [1.165, 1.54) is 14.0 Å². The molecule has 1 aromatic heterocycles. The fourth-order valence-corrected chi connectivity index (χ4v) is 2.29. The van der Waals surface area contributed by atoms with E-state index in [-0.39, 0.29) is 12.3 Å². The summed E-state index contributed by atoms with van der Waals surface area (Å²) in [6, 6.07) is 3.65. The summed E-state index contributed by atoms with van der Waals surface area (Å²) in [5.74, 6) is -1.20. The Balaban J connectivity index is 2.23. The Morgan fingerprint density at radius 1 is 1.48 bits per heavy atom. The zero-order chi connectivity index (χ0) is 17.0. The summed E-state index contributed by atoms with van der Waals surface area (Å²) in [4.78, 5) is 27.5. The van der Waals surface area contributed by atoms with E-state index < -0.39 is 17.4 Å². The SMILES string of the molecule is COC(=O)CNC(=O)C1(C)NC=C(c2cccnc2)C(C)=C1O. The van der Waals surface area contributed by atoms with Crippen molar-refractivity contribution in [3.8, 4) is 0 Å². The van der Waals surface area contributed by atoms with E-state index in [1.807, 2.05) is 6.07 Å². The maximum absolute atomic E-state index is 12.3. The minimum Gasteiger partial charge on any atom is -0.509 e. The molecule has 0 fully saturated rings. The summed E-state index contributed by atoms with van der Waals surface area (Å²) in [6.07, 6.45) is 4.98. The monoisotopic (exact) mass is 317 g/mol. The topological polar surface area (TPSA) is 101 Å². The zero-order valence-electron chi connectivity index (χ0n) is 13.2. The minimum atomic E-state index is -1.36. The van der Waals surface area contributed by atoms with E-state index in [9.17, 15) is 14.7 Å². The summed E-state index contributed by atoms with van der Waals surface area (Å²) in [7, 11) is 1.24. The van der Waals surface area contributed by atoms with Crippen LogP contribution in [0, 0.1) is 0 Å². The Labute approximate surface area is 134 Å². The second-order valence-electron chi connectivity index (χ2n) is 5.30. The van der Waals surface area contributed by atoms with Crippen molar-refractivity contribution in [3.63, 3.8) is 0 Å². The lowest BCUT2D eigenvalue weighted by molar-refractivity contribution is -0.141. The number of aliphatic hydroxyl groups excluding tert-OH is 1. The molecule has 1 unspecified atom stereocenters. The van der Waals surface area contributed by atoms with Crippen LogP contribution in [0.25, 0.3) is 5.57 Å². The normalized spacial score (nSPS) is 20.4. The number of rotatable bonds is 4. The van der Waals surface area contributed by atoms with E-state index in [0.717, 1.165) is 11.1 Å². The van der Waals surface area contributed by atoms with Gasteiger partial charge in [-0.3, -0.25) is 14.6 Å². The largest absolute Gasteiger partial charge is 0.509 e. The Hall–Kier alpha value is -2.83. The molecule has 0 spiro atoms. The van der Waals surface area contributed by atoms with Gasteiger partial charge in [0.15, 0.2) is 5.54 Å². The fraction of sp³-hybridized carbons (Fsp3) is 0.312. The molecule has 0 saturated heterocycles. The first-order chi connectivity index (χ1) is 10.9. The Morgan fingerprint density at radius 3 is 2.83 bits per heavy atom. The lowest BCUT2D eigenvalue weighted by Gasteiger charge is -2.33. The second kappa shape index (κ2) is 6.51. The van der Waals surface area contributed by atoms with Crippen LogP contribution in [0.2, 0.25) is 0 Å². The average Bonchev–Trinajstić information content (AvgIpc) is 2.58. The van der Waals surface area contributed by atoms with Gasteiger partial charge in [-0.1, -0.05) is 6.07 Å². The molecule has 3 N–H and O–H groups in total. The molecule has 7 heteroatoms. The quantitative estimate of drug-likeness (QED) is 0.714. The number of hydrogen-bond donors (Lipinski definition) is 3. The number of carbonyl (C=O) groups excluding carboxylic acids is 2. The number of nitrogens with one attached hydrogen (secondary N) is 2. The molecule has 0 aliphatic carbocycles. The molecular weight excluding hydrogens is 298 g/mol. The average molecular weight is 317 g/mol. The number of methoxy groups -OCH3 is 1. The lowest BCUT2D eigenvalue weighted by Crippen LogP contribution is -2.56. The summed E-state index contributed by atoms with van der Waals surface area (Å²) < 4.78 is 4.48. The van der Waals surface area contributed by atoms with Gasteiger partial charge < -0.3 is 20.5 Å². The number of nitrogens with zero attached hydrogens (tertiary/aromatic N) is 1. The van der Waals surface area contributed by atoms with E-state index in [2.05, 4.69) is 20.4 Å². The molecule has 1 amide bonds. The lowest BCUT2D eigenvalue weighted by atomic mass is 9.87. The number of ether oxygens (including phenoxy) is 1. The number of carbonyl (C=O) groups is 2. The number of amides is 1. The van der Waals surface area contributed by atoms with Crippen molar-refractivity contribution in [2.24, 2.45) is 0 Å². The van der Waals surface area contributed by atoms with Crippen molar-refractivity contribution in [2.45, 2.75) is 19.4 Å². The summed E-state index contributed by atoms with van der Waals surface area (Å²) >= 11 is 0. The maximum atomic E-state index is 12.3. The molecular formula is C16H19N3O4. The first-order valence-corrected chi connectivity index (χ1v) is 7.04. The van der Waals surface area contributed by atoms with Gasteiger partial charge in [0.2, 0.25) is 0 Å². The number of aromatic nitrogens is 1. The zero-order valence-corrected chi connectivity index (χ0v) is 13.2. The van der Waals surface area contributed by atoms with E-state index >= 15 is 0 Å². The Kier molecular flexibility index (Phi) is 4.68. The molecule has 0 aromatic carbocycles. The number of hydrogen-bond acceptors (Lipinski definition) is 6. The van der Waals surface area contributed by atoms with Crippen molar-refractivity contribution in [3.05, 3.63) is 47.6 Å². The summed E-state index contributed by atoms with van der Waals surface area (Å²) in [5.41, 5.74) is 0.770. The van der Waals surface area contributed by atoms with Crippen LogP contribution in [0.15, 0.2) is 42.1 Å². The first-order valence-electron chi connectivity index (χ1n) is 7.04. The maximum Gasteiger partial charge on any atom is 0.325 e. The number of allylic oxidation sites excluding steroid dienone is 2. The van der Waals surface area contributed by atoms with Crippen LogP contribution in [0.3, 0.4) is 0 Å². The van der Waals surface area contributed by atoms with Gasteiger partial charge in [0, 0.05) is 29.7 Å². The second-order valence-corrected chi connectivity index (χ2v) is 5.30. The van der Waals surface area contributed by atoms with Crippen molar-refractivity contribution in [2.75, 3.05) is 13.7 Å². The summed E-state index contributed by atoms with van der Waals surface area (Å²) in [6.45, 7) is 2.99. The molecule has 1 aliphatic rings. The third-order valence-electron chi connectivity index (χ3n) is 3.79. The van der Waals surface area contributed by atoms with Gasteiger partial charge in [-0.25, -0.2) is 0 Å². The van der Waals surface area contributed by atoms with Gasteiger partial charge >= 0.3 is 5.97 Å².